The van der Waals surface area contributed by atoms with E-state index in [4.69, 9.17) is 27.9 Å². The van der Waals surface area contributed by atoms with Crippen molar-refractivity contribution in [2.24, 2.45) is 17.3 Å². The van der Waals surface area contributed by atoms with E-state index in [2.05, 4.69) is 6.92 Å². The molecule has 0 heterocycles. The van der Waals surface area contributed by atoms with Gasteiger partial charge >= 0.3 is 0 Å². The monoisotopic (exact) mass is 516 g/mol. The highest BCUT2D eigenvalue weighted by Crippen LogP contribution is 2.70. The van der Waals surface area contributed by atoms with Crippen molar-refractivity contribution in [1.82, 2.24) is 0 Å². The summed E-state index contributed by atoms with van der Waals surface area (Å²) in [5.41, 5.74) is -0.699. The number of hydrogen-bond acceptors (Lipinski definition) is 2. The van der Waals surface area contributed by atoms with Crippen molar-refractivity contribution >= 4 is 23.2 Å². The summed E-state index contributed by atoms with van der Waals surface area (Å²) in [7, 11) is 0. The van der Waals surface area contributed by atoms with Crippen LogP contribution in [-0.2, 0) is 0 Å². The minimum Gasteiger partial charge on any atom is -0.491 e. The number of halogens is 4. The highest BCUT2D eigenvalue weighted by Gasteiger charge is 2.72. The summed E-state index contributed by atoms with van der Waals surface area (Å²) in [6, 6.07) is 3.22. The summed E-state index contributed by atoms with van der Waals surface area (Å²) in [5, 5.41) is 11.4. The third-order valence-electron chi connectivity index (χ3n) is 9.27. The molecule has 4 rings (SSSR count). The Morgan fingerprint density at radius 3 is 2.18 bits per heavy atom. The molecule has 0 aliphatic heterocycles. The smallest absolute Gasteiger partial charge is 0.200 e. The van der Waals surface area contributed by atoms with E-state index in [1.807, 2.05) is 0 Å². The lowest BCUT2D eigenvalue weighted by atomic mass is 9.50. The highest BCUT2D eigenvalue weighted by molar-refractivity contribution is 6.50. The molecular weight excluding hydrogens is 477 g/mol. The molecular formula is C28H40Cl2F2O2. The van der Waals surface area contributed by atoms with Crippen LogP contribution in [0, 0.1) is 28.9 Å². The molecule has 3 aliphatic rings. The Labute approximate surface area is 213 Å². The highest BCUT2D eigenvalue weighted by atomic mass is 35.5. The molecule has 1 N–H and O–H groups in total. The van der Waals surface area contributed by atoms with Gasteiger partial charge in [-0.15, -0.1) is 0 Å². The van der Waals surface area contributed by atoms with Gasteiger partial charge in [0, 0.05) is 5.41 Å². The molecule has 1 aromatic rings. The first-order valence-electron chi connectivity index (χ1n) is 13.4. The first-order valence-corrected chi connectivity index (χ1v) is 14.1. The van der Waals surface area contributed by atoms with E-state index in [-0.39, 0.29) is 17.1 Å². The largest absolute Gasteiger partial charge is 0.491 e. The van der Waals surface area contributed by atoms with Gasteiger partial charge in [0.05, 0.1) is 12.2 Å². The second-order valence-corrected chi connectivity index (χ2v) is 12.6. The summed E-state index contributed by atoms with van der Waals surface area (Å²) in [6.07, 6.45) is 12.6. The fraction of sp³-hybridized carbons (Fsp3) is 0.786. The van der Waals surface area contributed by atoms with Crippen LogP contribution in [0.1, 0.15) is 109 Å². The van der Waals surface area contributed by atoms with Crippen molar-refractivity contribution in [3.63, 3.8) is 0 Å². The van der Waals surface area contributed by atoms with Gasteiger partial charge in [-0.05, 0) is 107 Å². The molecule has 1 spiro atoms. The SMILES string of the molecule is CCCC1CCC2(CC1)CC(O)(CCC1CCC(c3ccc(OCC)c(F)c3F)CC1)C2(Cl)Cl. The molecule has 1 aromatic carbocycles. The van der Waals surface area contributed by atoms with Gasteiger partial charge in [0.25, 0.3) is 0 Å². The van der Waals surface area contributed by atoms with Gasteiger partial charge in [-0.1, -0.05) is 49.0 Å². The van der Waals surface area contributed by atoms with Crippen LogP contribution < -0.4 is 4.74 Å². The van der Waals surface area contributed by atoms with E-state index >= 15 is 0 Å². The molecule has 0 amide bonds. The van der Waals surface area contributed by atoms with Crippen LogP contribution in [0.4, 0.5) is 8.78 Å². The quantitative estimate of drug-likeness (QED) is 0.350. The van der Waals surface area contributed by atoms with Crippen LogP contribution in [0.15, 0.2) is 12.1 Å². The number of benzene rings is 1. The van der Waals surface area contributed by atoms with Gasteiger partial charge in [0.2, 0.25) is 5.82 Å². The van der Waals surface area contributed by atoms with Crippen molar-refractivity contribution in [3.05, 3.63) is 29.3 Å². The molecule has 1 atom stereocenters. The standard InChI is InChI=1S/C28H40Cl2F2O2/c1-3-5-19-12-15-26(16-13-19)18-27(33,28(26,29)30)17-14-20-6-8-21(9-7-20)22-10-11-23(34-4-2)25(32)24(22)31/h10-11,19-21,33H,3-9,12-18H2,1-2H3. The zero-order chi connectivity index (χ0) is 24.6. The van der Waals surface area contributed by atoms with Crippen LogP contribution >= 0.6 is 23.2 Å². The lowest BCUT2D eigenvalue weighted by Gasteiger charge is -2.65. The first-order chi connectivity index (χ1) is 16.2. The number of rotatable bonds is 8. The lowest BCUT2D eigenvalue weighted by Crippen LogP contribution is -2.70. The Hall–Kier alpha value is -0.580. The van der Waals surface area contributed by atoms with E-state index in [1.54, 1.807) is 19.1 Å². The maximum absolute atomic E-state index is 14.6. The van der Waals surface area contributed by atoms with Crippen LogP contribution in [0.2, 0.25) is 0 Å². The zero-order valence-electron chi connectivity index (χ0n) is 20.7. The van der Waals surface area contributed by atoms with Gasteiger partial charge in [-0.2, -0.15) is 4.39 Å². The summed E-state index contributed by atoms with van der Waals surface area (Å²) >= 11 is 13.8. The molecule has 0 bridgehead atoms. The number of alkyl halides is 2. The molecule has 34 heavy (non-hydrogen) atoms. The maximum Gasteiger partial charge on any atom is 0.200 e. The molecule has 0 aromatic heterocycles. The van der Waals surface area contributed by atoms with Crippen molar-refractivity contribution in [1.29, 1.82) is 0 Å². The summed E-state index contributed by atoms with van der Waals surface area (Å²) in [5.74, 6) is -0.421. The summed E-state index contributed by atoms with van der Waals surface area (Å²) < 4.78 is 33.0. The molecule has 0 saturated heterocycles. The Bertz CT molecular complexity index is 845. The van der Waals surface area contributed by atoms with Crippen molar-refractivity contribution in [2.45, 2.75) is 113 Å². The Kier molecular flexibility index (Phi) is 8.12. The summed E-state index contributed by atoms with van der Waals surface area (Å²) in [6.45, 7) is 4.29. The van der Waals surface area contributed by atoms with Gasteiger partial charge in [-0.3, -0.25) is 0 Å². The average molecular weight is 518 g/mol. The van der Waals surface area contributed by atoms with Crippen LogP contribution in [0.5, 0.6) is 5.75 Å². The predicted octanol–water partition coefficient (Wildman–Crippen LogP) is 8.70. The second-order valence-electron chi connectivity index (χ2n) is 11.3. The normalized spacial score (nSPS) is 35.2. The van der Waals surface area contributed by atoms with Gasteiger partial charge < -0.3 is 9.84 Å². The minimum atomic E-state index is -1.07. The zero-order valence-corrected chi connectivity index (χ0v) is 22.2. The first kappa shape index (κ1) is 26.5. The van der Waals surface area contributed by atoms with E-state index < -0.39 is 21.6 Å². The fourth-order valence-corrected chi connectivity index (χ4v) is 8.00. The summed E-state index contributed by atoms with van der Waals surface area (Å²) in [4.78, 5) is 0. The molecule has 3 saturated carbocycles. The molecule has 192 valence electrons. The van der Waals surface area contributed by atoms with Crippen LogP contribution in [0.3, 0.4) is 0 Å². The molecule has 1 unspecified atom stereocenters. The Balaban J connectivity index is 1.28. The van der Waals surface area contributed by atoms with Gasteiger partial charge in [-0.25, -0.2) is 4.39 Å². The topological polar surface area (TPSA) is 29.5 Å². The van der Waals surface area contributed by atoms with Crippen molar-refractivity contribution in [3.8, 4) is 5.75 Å². The fourth-order valence-electron chi connectivity index (χ4n) is 7.17. The molecule has 6 heteroatoms. The molecule has 0 radical (unpaired) electrons. The number of aliphatic hydroxyl groups is 1. The van der Waals surface area contributed by atoms with Gasteiger partial charge in [0.15, 0.2) is 15.9 Å². The van der Waals surface area contributed by atoms with Gasteiger partial charge in [0.1, 0.15) is 0 Å². The molecule has 3 aliphatic carbocycles. The third kappa shape index (κ3) is 4.73. The minimum absolute atomic E-state index is 0.0200. The Morgan fingerprint density at radius 1 is 0.941 bits per heavy atom. The molecule has 2 nitrogen and oxygen atoms in total. The van der Waals surface area contributed by atoms with E-state index in [1.165, 1.54) is 12.8 Å². The lowest BCUT2D eigenvalue weighted by molar-refractivity contribution is -0.164. The van der Waals surface area contributed by atoms with Crippen LogP contribution in [-0.4, -0.2) is 21.6 Å². The number of hydrogen-bond donors (Lipinski definition) is 1. The third-order valence-corrected chi connectivity index (χ3v) is 10.8. The van der Waals surface area contributed by atoms with Crippen LogP contribution in [0.25, 0.3) is 0 Å². The van der Waals surface area contributed by atoms with E-state index in [9.17, 15) is 13.9 Å². The Morgan fingerprint density at radius 2 is 1.59 bits per heavy atom. The second kappa shape index (κ2) is 10.4. The number of ether oxygens (including phenoxy) is 1. The van der Waals surface area contributed by atoms with E-state index in [0.717, 1.165) is 63.7 Å². The average Bonchev–Trinajstić information content (AvgIpc) is 2.83. The predicted molar refractivity (Wildman–Crippen MR) is 135 cm³/mol. The van der Waals surface area contributed by atoms with Crippen molar-refractivity contribution in [2.75, 3.05) is 6.61 Å². The van der Waals surface area contributed by atoms with E-state index in [0.29, 0.717) is 30.9 Å². The van der Waals surface area contributed by atoms with Crippen molar-refractivity contribution < 1.29 is 18.6 Å². The molecule has 3 fully saturated rings. The maximum atomic E-state index is 14.6.